The number of halogens is 1. The number of rotatable bonds is 5. The van der Waals surface area contributed by atoms with Gasteiger partial charge >= 0.3 is 0 Å². The number of benzene rings is 1. The quantitative estimate of drug-likeness (QED) is 0.895. The topological polar surface area (TPSA) is 29.3 Å². The molecule has 2 N–H and O–H groups in total. The molecule has 0 aromatic heterocycles. The van der Waals surface area contributed by atoms with E-state index in [9.17, 15) is 4.39 Å². The van der Waals surface area contributed by atoms with E-state index in [1.54, 1.807) is 6.07 Å². The zero-order valence-electron chi connectivity index (χ0n) is 12.3. The van der Waals surface area contributed by atoms with Crippen LogP contribution in [0.2, 0.25) is 0 Å². The molecule has 2 aliphatic carbocycles. The minimum absolute atomic E-state index is 0.110. The lowest BCUT2D eigenvalue weighted by molar-refractivity contribution is 0.337. The highest BCUT2D eigenvalue weighted by Crippen LogP contribution is 2.48. The van der Waals surface area contributed by atoms with E-state index < -0.39 is 0 Å². The van der Waals surface area contributed by atoms with Gasteiger partial charge in [-0.1, -0.05) is 12.5 Å². The van der Waals surface area contributed by atoms with E-state index in [0.29, 0.717) is 6.54 Å². The number of hydrogen-bond acceptors (Lipinski definition) is 2. The van der Waals surface area contributed by atoms with Crippen molar-refractivity contribution in [3.63, 3.8) is 0 Å². The van der Waals surface area contributed by atoms with E-state index in [4.69, 9.17) is 5.73 Å². The Bertz CT molecular complexity index is 474. The average Bonchev–Trinajstić information content (AvgIpc) is 3.01. The summed E-state index contributed by atoms with van der Waals surface area (Å²) in [4.78, 5) is 2.10. The van der Waals surface area contributed by atoms with Crippen LogP contribution in [-0.4, -0.2) is 20.1 Å². The molecule has 2 aliphatic rings. The van der Waals surface area contributed by atoms with E-state index in [1.807, 2.05) is 19.2 Å². The Balaban J connectivity index is 1.66. The molecule has 20 heavy (non-hydrogen) atoms. The van der Waals surface area contributed by atoms with E-state index in [1.165, 1.54) is 25.7 Å². The van der Waals surface area contributed by atoms with Gasteiger partial charge in [0.05, 0.1) is 5.69 Å². The number of hydrogen-bond donors (Lipinski definition) is 1. The molecule has 2 fully saturated rings. The van der Waals surface area contributed by atoms with Gasteiger partial charge in [-0.3, -0.25) is 0 Å². The van der Waals surface area contributed by atoms with Crippen molar-refractivity contribution in [1.29, 1.82) is 0 Å². The van der Waals surface area contributed by atoms with Gasteiger partial charge in [-0.15, -0.1) is 0 Å². The molecule has 3 unspecified atom stereocenters. The molecule has 0 amide bonds. The Morgan fingerprint density at radius 2 is 2.15 bits per heavy atom. The number of nitrogens with two attached hydrogens (primary N) is 1. The Hall–Kier alpha value is -1.09. The van der Waals surface area contributed by atoms with Crippen molar-refractivity contribution in [2.24, 2.45) is 23.5 Å². The number of anilines is 1. The predicted molar refractivity (Wildman–Crippen MR) is 81.4 cm³/mol. The molecular formula is C17H25FN2. The fraction of sp³-hybridized carbons (Fsp3) is 0.647. The van der Waals surface area contributed by atoms with Crippen LogP contribution in [0.1, 0.15) is 31.2 Å². The van der Waals surface area contributed by atoms with Crippen molar-refractivity contribution in [2.75, 3.05) is 25.0 Å². The minimum Gasteiger partial charge on any atom is -0.372 e. The molecule has 2 bridgehead atoms. The van der Waals surface area contributed by atoms with Crippen LogP contribution >= 0.6 is 0 Å². The van der Waals surface area contributed by atoms with Crippen LogP contribution < -0.4 is 10.6 Å². The van der Waals surface area contributed by atoms with E-state index >= 15 is 0 Å². The van der Waals surface area contributed by atoms with Crippen molar-refractivity contribution in [3.8, 4) is 0 Å². The highest BCUT2D eigenvalue weighted by molar-refractivity contribution is 5.48. The molecule has 0 saturated heterocycles. The molecule has 1 aromatic rings. The normalized spacial score (nSPS) is 28.1. The summed E-state index contributed by atoms with van der Waals surface area (Å²) in [5.41, 5.74) is 7.24. The van der Waals surface area contributed by atoms with E-state index in [0.717, 1.165) is 42.0 Å². The molecular weight excluding hydrogens is 251 g/mol. The third-order valence-corrected chi connectivity index (χ3v) is 5.25. The van der Waals surface area contributed by atoms with Crippen LogP contribution in [-0.2, 0) is 6.42 Å². The first-order valence-corrected chi connectivity index (χ1v) is 7.87. The van der Waals surface area contributed by atoms with E-state index in [2.05, 4.69) is 4.90 Å². The molecule has 3 atom stereocenters. The van der Waals surface area contributed by atoms with Gasteiger partial charge in [-0.25, -0.2) is 4.39 Å². The zero-order valence-corrected chi connectivity index (χ0v) is 12.3. The summed E-state index contributed by atoms with van der Waals surface area (Å²) >= 11 is 0. The first kappa shape index (κ1) is 13.9. The molecule has 3 heteroatoms. The first-order chi connectivity index (χ1) is 9.67. The van der Waals surface area contributed by atoms with Crippen LogP contribution in [0.4, 0.5) is 10.1 Å². The number of nitrogens with zero attached hydrogens (tertiary/aromatic N) is 1. The van der Waals surface area contributed by atoms with Crippen molar-refractivity contribution in [2.45, 2.75) is 32.1 Å². The van der Waals surface area contributed by atoms with Crippen LogP contribution in [0.25, 0.3) is 0 Å². The smallest absolute Gasteiger partial charge is 0.146 e. The summed E-state index contributed by atoms with van der Waals surface area (Å²) in [5, 5.41) is 0. The van der Waals surface area contributed by atoms with Crippen molar-refractivity contribution in [3.05, 3.63) is 29.6 Å². The molecule has 3 rings (SSSR count). The Labute approximate surface area is 121 Å². The van der Waals surface area contributed by atoms with Gasteiger partial charge < -0.3 is 10.6 Å². The summed E-state index contributed by atoms with van der Waals surface area (Å²) in [6.07, 6.45) is 6.32. The third-order valence-electron chi connectivity index (χ3n) is 5.25. The maximum absolute atomic E-state index is 14.2. The maximum Gasteiger partial charge on any atom is 0.146 e. The average molecular weight is 276 g/mol. The molecule has 1 aromatic carbocycles. The van der Waals surface area contributed by atoms with Gasteiger partial charge in [0.2, 0.25) is 0 Å². The highest BCUT2D eigenvalue weighted by atomic mass is 19.1. The lowest BCUT2D eigenvalue weighted by Crippen LogP contribution is -2.29. The summed E-state index contributed by atoms with van der Waals surface area (Å²) in [6.45, 7) is 1.56. The largest absolute Gasteiger partial charge is 0.372 e. The van der Waals surface area contributed by atoms with Crippen LogP contribution in [0.3, 0.4) is 0 Å². The first-order valence-electron chi connectivity index (χ1n) is 7.87. The summed E-state index contributed by atoms with van der Waals surface area (Å²) < 4.78 is 14.2. The van der Waals surface area contributed by atoms with Gasteiger partial charge in [0.15, 0.2) is 0 Å². The molecule has 2 saturated carbocycles. The molecule has 0 spiro atoms. The van der Waals surface area contributed by atoms with E-state index in [-0.39, 0.29) is 5.82 Å². The van der Waals surface area contributed by atoms with Crippen LogP contribution in [0.5, 0.6) is 0 Å². The van der Waals surface area contributed by atoms with Crippen LogP contribution in [0, 0.1) is 23.6 Å². The Morgan fingerprint density at radius 3 is 2.75 bits per heavy atom. The second-order valence-electron chi connectivity index (χ2n) is 6.64. The second kappa shape index (κ2) is 5.72. The number of fused-ring (bicyclic) bond motifs is 2. The fourth-order valence-corrected chi connectivity index (χ4v) is 4.23. The van der Waals surface area contributed by atoms with Crippen molar-refractivity contribution < 1.29 is 4.39 Å². The predicted octanol–water partition coefficient (Wildman–Crippen LogP) is 3.20. The van der Waals surface area contributed by atoms with Gasteiger partial charge in [-0.2, -0.15) is 0 Å². The third kappa shape index (κ3) is 2.69. The van der Waals surface area contributed by atoms with Crippen molar-refractivity contribution in [1.82, 2.24) is 0 Å². The highest BCUT2D eigenvalue weighted by Gasteiger charge is 2.39. The SMILES string of the molecule is CN(CC1CC2CCC1C2)c1ccc(CCN)cc1F. The monoisotopic (exact) mass is 276 g/mol. The molecule has 0 heterocycles. The van der Waals surface area contributed by atoms with Gasteiger partial charge in [-0.05, 0) is 67.7 Å². The van der Waals surface area contributed by atoms with Crippen molar-refractivity contribution >= 4 is 5.69 Å². The molecule has 0 radical (unpaired) electrons. The summed E-state index contributed by atoms with van der Waals surface area (Å²) in [5.74, 6) is 2.50. The summed E-state index contributed by atoms with van der Waals surface area (Å²) in [7, 11) is 2.02. The standard InChI is InChI=1S/C17H25FN2/c1-20(11-15-9-13-2-4-14(15)8-13)17-5-3-12(6-7-19)10-16(17)18/h3,5,10,13-15H,2,4,6-9,11,19H2,1H3. The Morgan fingerprint density at radius 1 is 1.30 bits per heavy atom. The second-order valence-corrected chi connectivity index (χ2v) is 6.64. The van der Waals surface area contributed by atoms with Gasteiger partial charge in [0.25, 0.3) is 0 Å². The summed E-state index contributed by atoms with van der Waals surface area (Å²) in [6, 6.07) is 5.55. The zero-order chi connectivity index (χ0) is 14.1. The lowest BCUT2D eigenvalue weighted by atomic mass is 9.88. The lowest BCUT2D eigenvalue weighted by Gasteiger charge is -2.29. The molecule has 0 aliphatic heterocycles. The molecule has 2 nitrogen and oxygen atoms in total. The maximum atomic E-state index is 14.2. The van der Waals surface area contributed by atoms with Gasteiger partial charge in [0.1, 0.15) is 5.82 Å². The van der Waals surface area contributed by atoms with Crippen LogP contribution in [0.15, 0.2) is 18.2 Å². The molecule has 110 valence electrons. The Kier molecular flexibility index (Phi) is 3.97. The fourth-order valence-electron chi connectivity index (χ4n) is 4.23. The van der Waals surface area contributed by atoms with Gasteiger partial charge in [0, 0.05) is 13.6 Å². The minimum atomic E-state index is -0.110.